The summed E-state index contributed by atoms with van der Waals surface area (Å²) in [5, 5.41) is 0. The number of hydrogen-bond acceptors (Lipinski definition) is 3. The molecular weight excluding hydrogens is 235 g/mol. The molecule has 1 aromatic carbocycles. The minimum absolute atomic E-state index is 0. The van der Waals surface area contributed by atoms with E-state index in [-0.39, 0.29) is 39.3 Å². The molecule has 0 heterocycles. The average molecular weight is 244 g/mol. The van der Waals surface area contributed by atoms with Crippen LogP contribution in [0, 0.1) is 0 Å². The molecule has 1 atom stereocenters. The molecule has 1 aromatic rings. The molecular formula is C7H9NaO4S2. The van der Waals surface area contributed by atoms with Crippen LogP contribution in [-0.4, -0.2) is 53.0 Å². The van der Waals surface area contributed by atoms with Gasteiger partial charge in [-0.3, -0.25) is 0 Å². The molecule has 0 bridgehead atoms. The zero-order chi connectivity index (χ0) is 10.1. The molecule has 0 aliphatic heterocycles. The van der Waals surface area contributed by atoms with E-state index in [1.54, 1.807) is 0 Å². The molecule has 0 amide bonds. The third-order valence-corrected chi connectivity index (χ3v) is 3.20. The summed E-state index contributed by atoms with van der Waals surface area (Å²) < 4.78 is 41.3. The van der Waals surface area contributed by atoms with Gasteiger partial charge in [0.15, 0.2) is 20.9 Å². The number of sulfone groups is 1. The van der Waals surface area contributed by atoms with Gasteiger partial charge < -0.3 is 4.55 Å². The molecule has 7 heteroatoms. The van der Waals surface area contributed by atoms with E-state index in [1.807, 2.05) is 0 Å². The monoisotopic (exact) mass is 244 g/mol. The molecule has 0 saturated heterocycles. The molecule has 1 rings (SSSR count). The van der Waals surface area contributed by atoms with E-state index in [4.69, 9.17) is 4.55 Å². The Bertz CT molecular complexity index is 441. The SMILES string of the molecule is CS(=O)(=O)c1cccc(S(=O)O)c1.[NaH]. The van der Waals surface area contributed by atoms with Gasteiger partial charge in [-0.05, 0) is 18.2 Å². The van der Waals surface area contributed by atoms with Crippen LogP contribution in [0.25, 0.3) is 0 Å². The van der Waals surface area contributed by atoms with Crippen LogP contribution in [0.4, 0.5) is 0 Å². The van der Waals surface area contributed by atoms with Crippen LogP contribution in [-0.2, 0) is 20.9 Å². The summed E-state index contributed by atoms with van der Waals surface area (Å²) >= 11 is -2.14. The standard InChI is InChI=1S/C7H8O4S2.Na.H/c1-13(10,11)7-4-2-3-6(5-7)12(8)9;;/h2-5H,1H3,(H,8,9);;. The fourth-order valence-corrected chi connectivity index (χ4v) is 1.98. The van der Waals surface area contributed by atoms with Crippen LogP contribution in [0.2, 0.25) is 0 Å². The summed E-state index contributed by atoms with van der Waals surface area (Å²) in [4.78, 5) is 0.135. The third kappa shape index (κ3) is 3.80. The van der Waals surface area contributed by atoms with Crippen molar-refractivity contribution < 1.29 is 17.2 Å². The van der Waals surface area contributed by atoms with Gasteiger partial charge in [-0.25, -0.2) is 12.6 Å². The Morgan fingerprint density at radius 2 is 1.93 bits per heavy atom. The molecule has 0 aliphatic carbocycles. The normalized spacial score (nSPS) is 13.0. The fourth-order valence-electron chi connectivity index (χ4n) is 0.813. The molecule has 0 fully saturated rings. The molecule has 0 spiro atoms. The van der Waals surface area contributed by atoms with Crippen molar-refractivity contribution in [2.75, 3.05) is 6.26 Å². The molecule has 1 N–H and O–H groups in total. The fraction of sp³-hybridized carbons (Fsp3) is 0.143. The van der Waals surface area contributed by atoms with Crippen molar-refractivity contribution in [2.45, 2.75) is 9.79 Å². The van der Waals surface area contributed by atoms with Crippen molar-refractivity contribution in [2.24, 2.45) is 0 Å². The maximum absolute atomic E-state index is 11.0. The van der Waals surface area contributed by atoms with Gasteiger partial charge >= 0.3 is 29.6 Å². The summed E-state index contributed by atoms with van der Waals surface area (Å²) in [5.41, 5.74) is 0. The van der Waals surface area contributed by atoms with Crippen LogP contribution >= 0.6 is 0 Å². The first-order valence-corrected chi connectivity index (χ1v) is 6.32. The maximum atomic E-state index is 11.0. The molecule has 0 saturated carbocycles. The Hall–Kier alpha value is 0.280. The Morgan fingerprint density at radius 1 is 1.36 bits per heavy atom. The second-order valence-corrected chi connectivity index (χ2v) is 5.48. The summed E-state index contributed by atoms with van der Waals surface area (Å²) in [7, 11) is -3.30. The molecule has 0 radical (unpaired) electrons. The van der Waals surface area contributed by atoms with E-state index in [1.165, 1.54) is 24.3 Å². The summed E-state index contributed by atoms with van der Waals surface area (Å²) in [6.45, 7) is 0. The van der Waals surface area contributed by atoms with Gasteiger partial charge in [0.2, 0.25) is 0 Å². The predicted octanol–water partition coefficient (Wildman–Crippen LogP) is 0.0222. The number of benzene rings is 1. The second-order valence-electron chi connectivity index (χ2n) is 2.50. The van der Waals surface area contributed by atoms with Crippen LogP contribution in [0.5, 0.6) is 0 Å². The predicted molar refractivity (Wildman–Crippen MR) is 55.7 cm³/mol. The van der Waals surface area contributed by atoms with E-state index in [9.17, 15) is 12.6 Å². The van der Waals surface area contributed by atoms with Crippen molar-refractivity contribution in [1.82, 2.24) is 0 Å². The van der Waals surface area contributed by atoms with E-state index in [2.05, 4.69) is 0 Å². The molecule has 74 valence electrons. The van der Waals surface area contributed by atoms with Crippen LogP contribution in [0.1, 0.15) is 0 Å². The van der Waals surface area contributed by atoms with E-state index in [0.717, 1.165) is 6.26 Å². The topological polar surface area (TPSA) is 71.4 Å². The zero-order valence-corrected chi connectivity index (χ0v) is 8.43. The zero-order valence-electron chi connectivity index (χ0n) is 6.80. The quantitative estimate of drug-likeness (QED) is 0.588. The molecule has 0 aliphatic rings. The van der Waals surface area contributed by atoms with Crippen molar-refractivity contribution in [1.29, 1.82) is 0 Å². The molecule has 0 aromatic heterocycles. The van der Waals surface area contributed by atoms with Crippen molar-refractivity contribution in [3.05, 3.63) is 24.3 Å². The Kier molecular flexibility index (Phi) is 5.50. The van der Waals surface area contributed by atoms with Crippen molar-refractivity contribution in [3.8, 4) is 0 Å². The van der Waals surface area contributed by atoms with Gasteiger partial charge in [0.25, 0.3) is 0 Å². The second kappa shape index (κ2) is 5.39. The van der Waals surface area contributed by atoms with E-state index < -0.39 is 20.9 Å². The Labute approximate surface area is 107 Å². The first-order chi connectivity index (χ1) is 5.91. The Balaban J connectivity index is 0.00000169. The molecule has 14 heavy (non-hydrogen) atoms. The first-order valence-electron chi connectivity index (χ1n) is 3.32. The van der Waals surface area contributed by atoms with Crippen molar-refractivity contribution >= 4 is 50.5 Å². The number of rotatable bonds is 2. The molecule has 4 nitrogen and oxygen atoms in total. The van der Waals surface area contributed by atoms with Crippen LogP contribution < -0.4 is 0 Å². The first kappa shape index (κ1) is 14.3. The average Bonchev–Trinajstić information content (AvgIpc) is 2.03. The van der Waals surface area contributed by atoms with Gasteiger partial charge in [-0.15, -0.1) is 0 Å². The van der Waals surface area contributed by atoms with E-state index >= 15 is 0 Å². The van der Waals surface area contributed by atoms with Gasteiger partial charge in [-0.1, -0.05) is 6.07 Å². The Morgan fingerprint density at radius 3 is 2.36 bits per heavy atom. The summed E-state index contributed by atoms with van der Waals surface area (Å²) in [5.74, 6) is 0. The van der Waals surface area contributed by atoms with Gasteiger partial charge in [0, 0.05) is 6.26 Å². The van der Waals surface area contributed by atoms with Gasteiger partial charge in [0.05, 0.1) is 9.79 Å². The van der Waals surface area contributed by atoms with Crippen LogP contribution in [0.3, 0.4) is 0 Å². The summed E-state index contributed by atoms with van der Waals surface area (Å²) in [6.07, 6.45) is 1.05. The minimum atomic E-state index is -3.30. The molecule has 1 unspecified atom stereocenters. The third-order valence-electron chi connectivity index (χ3n) is 1.44. The van der Waals surface area contributed by atoms with Crippen molar-refractivity contribution in [3.63, 3.8) is 0 Å². The van der Waals surface area contributed by atoms with E-state index in [0.29, 0.717) is 0 Å². The van der Waals surface area contributed by atoms with Gasteiger partial charge in [-0.2, -0.15) is 0 Å². The van der Waals surface area contributed by atoms with Crippen LogP contribution in [0.15, 0.2) is 34.1 Å². The number of hydrogen-bond donors (Lipinski definition) is 1. The summed E-state index contributed by atoms with van der Waals surface area (Å²) in [6, 6.07) is 5.39. The van der Waals surface area contributed by atoms with Gasteiger partial charge in [0.1, 0.15) is 0 Å².